The topological polar surface area (TPSA) is 53.1 Å². The lowest BCUT2D eigenvalue weighted by Gasteiger charge is -2.29. The number of thiophene rings is 1. The van der Waals surface area contributed by atoms with E-state index in [9.17, 15) is 0 Å². The summed E-state index contributed by atoms with van der Waals surface area (Å²) in [6.45, 7) is 4.29. The highest BCUT2D eigenvalue weighted by Gasteiger charge is 2.21. The monoisotopic (exact) mass is 359 g/mol. The summed E-state index contributed by atoms with van der Waals surface area (Å²) in [7, 11) is 4.00. The van der Waals surface area contributed by atoms with E-state index in [0.29, 0.717) is 6.04 Å². The van der Waals surface area contributed by atoms with Gasteiger partial charge in [0.2, 0.25) is 5.95 Å². The molecule has 2 aromatic heterocycles. The Morgan fingerprint density at radius 1 is 1.16 bits per heavy atom. The zero-order valence-corrected chi connectivity index (χ0v) is 16.3. The predicted molar refractivity (Wildman–Crippen MR) is 106 cm³/mol. The van der Waals surface area contributed by atoms with E-state index in [-0.39, 0.29) is 0 Å². The lowest BCUT2D eigenvalue weighted by molar-refractivity contribution is 0.324. The molecule has 0 atom stereocenters. The molecule has 0 spiro atoms. The summed E-state index contributed by atoms with van der Waals surface area (Å²) in [6, 6.07) is 6.86. The van der Waals surface area contributed by atoms with E-state index in [4.69, 9.17) is 0 Å². The quantitative estimate of drug-likeness (QED) is 0.790. The van der Waals surface area contributed by atoms with Crippen LogP contribution in [0.5, 0.6) is 0 Å². The SMILES string of the molecule is Cc1ccc(CNC[C@H]2CC[C@@H](Nc3nccc(N(C)C)n3)CC2)s1. The number of aromatic nitrogens is 2. The van der Waals surface area contributed by atoms with E-state index >= 15 is 0 Å². The maximum atomic E-state index is 4.56. The second kappa shape index (κ2) is 8.63. The van der Waals surface area contributed by atoms with E-state index in [1.54, 1.807) is 0 Å². The van der Waals surface area contributed by atoms with Crippen molar-refractivity contribution in [1.29, 1.82) is 0 Å². The van der Waals surface area contributed by atoms with Gasteiger partial charge in [0.15, 0.2) is 0 Å². The molecule has 1 saturated carbocycles. The van der Waals surface area contributed by atoms with Crippen LogP contribution >= 0.6 is 11.3 Å². The third-order valence-corrected chi connectivity index (χ3v) is 5.81. The summed E-state index contributed by atoms with van der Waals surface area (Å²) < 4.78 is 0. The second-order valence-corrected chi connectivity index (χ2v) is 8.51. The van der Waals surface area contributed by atoms with Gasteiger partial charge < -0.3 is 15.5 Å². The van der Waals surface area contributed by atoms with Crippen molar-refractivity contribution in [3.05, 3.63) is 34.2 Å². The fourth-order valence-corrected chi connectivity index (χ4v) is 4.20. The number of hydrogen-bond donors (Lipinski definition) is 2. The van der Waals surface area contributed by atoms with Gasteiger partial charge in [0.1, 0.15) is 5.82 Å². The van der Waals surface area contributed by atoms with Crippen molar-refractivity contribution < 1.29 is 0 Å². The number of anilines is 2. The summed E-state index contributed by atoms with van der Waals surface area (Å²) in [4.78, 5) is 13.8. The Morgan fingerprint density at radius 2 is 1.96 bits per heavy atom. The lowest BCUT2D eigenvalue weighted by atomic mass is 9.86. The van der Waals surface area contributed by atoms with Gasteiger partial charge >= 0.3 is 0 Å². The van der Waals surface area contributed by atoms with Crippen molar-refractivity contribution >= 4 is 23.1 Å². The average Bonchev–Trinajstić information content (AvgIpc) is 3.02. The maximum Gasteiger partial charge on any atom is 0.224 e. The summed E-state index contributed by atoms with van der Waals surface area (Å²) in [6.07, 6.45) is 6.75. The molecule has 25 heavy (non-hydrogen) atoms. The lowest BCUT2D eigenvalue weighted by Crippen LogP contribution is -2.31. The van der Waals surface area contributed by atoms with Crippen molar-refractivity contribution in [2.24, 2.45) is 5.92 Å². The first-order valence-corrected chi connectivity index (χ1v) is 9.95. The van der Waals surface area contributed by atoms with Crippen LogP contribution in [0.4, 0.5) is 11.8 Å². The largest absolute Gasteiger partial charge is 0.363 e. The molecule has 1 aliphatic rings. The normalized spacial score (nSPS) is 20.4. The van der Waals surface area contributed by atoms with Crippen LogP contribution in [0, 0.1) is 12.8 Å². The average molecular weight is 360 g/mol. The molecule has 6 heteroatoms. The molecule has 2 heterocycles. The summed E-state index contributed by atoms with van der Waals surface area (Å²) in [5, 5.41) is 7.14. The Morgan fingerprint density at radius 3 is 2.64 bits per heavy atom. The van der Waals surface area contributed by atoms with Gasteiger partial charge in [0.05, 0.1) is 0 Å². The molecule has 0 saturated heterocycles. The second-order valence-electron chi connectivity index (χ2n) is 7.14. The van der Waals surface area contributed by atoms with Crippen molar-refractivity contribution in [3.63, 3.8) is 0 Å². The Hall–Kier alpha value is -1.66. The molecular weight excluding hydrogens is 330 g/mol. The van der Waals surface area contributed by atoms with E-state index < -0.39 is 0 Å². The minimum Gasteiger partial charge on any atom is -0.363 e. The van der Waals surface area contributed by atoms with Crippen LogP contribution in [0.25, 0.3) is 0 Å². The third kappa shape index (κ3) is 5.41. The molecule has 0 unspecified atom stereocenters. The van der Waals surface area contributed by atoms with Gasteiger partial charge in [-0.05, 0) is 63.3 Å². The van der Waals surface area contributed by atoms with Crippen LogP contribution in [0.2, 0.25) is 0 Å². The van der Waals surface area contributed by atoms with E-state index in [1.807, 2.05) is 42.6 Å². The van der Waals surface area contributed by atoms with Gasteiger partial charge in [-0.3, -0.25) is 0 Å². The highest BCUT2D eigenvalue weighted by atomic mass is 32.1. The zero-order chi connectivity index (χ0) is 17.6. The fourth-order valence-electron chi connectivity index (χ4n) is 3.34. The molecular formula is C19H29N5S. The molecule has 5 nitrogen and oxygen atoms in total. The smallest absolute Gasteiger partial charge is 0.224 e. The molecule has 136 valence electrons. The van der Waals surface area contributed by atoms with E-state index in [0.717, 1.165) is 30.8 Å². The summed E-state index contributed by atoms with van der Waals surface area (Å²) in [5.41, 5.74) is 0. The molecule has 0 amide bonds. The Kier molecular flexibility index (Phi) is 6.26. The molecule has 1 fully saturated rings. The van der Waals surface area contributed by atoms with Gasteiger partial charge in [-0.15, -0.1) is 11.3 Å². The van der Waals surface area contributed by atoms with Crippen LogP contribution in [-0.2, 0) is 6.54 Å². The van der Waals surface area contributed by atoms with Gasteiger partial charge in [-0.1, -0.05) is 0 Å². The number of nitrogens with zero attached hydrogens (tertiary/aromatic N) is 3. The van der Waals surface area contributed by atoms with Gasteiger partial charge in [0.25, 0.3) is 0 Å². The highest BCUT2D eigenvalue weighted by molar-refractivity contribution is 7.11. The molecule has 0 aliphatic heterocycles. The van der Waals surface area contributed by atoms with Gasteiger partial charge in [0, 0.05) is 42.6 Å². The summed E-state index contributed by atoms with van der Waals surface area (Å²) >= 11 is 1.89. The number of nitrogens with one attached hydrogen (secondary N) is 2. The van der Waals surface area contributed by atoms with Crippen LogP contribution in [-0.4, -0.2) is 36.6 Å². The zero-order valence-electron chi connectivity index (χ0n) is 15.5. The van der Waals surface area contributed by atoms with Crippen molar-refractivity contribution in [1.82, 2.24) is 15.3 Å². The van der Waals surface area contributed by atoms with E-state index in [1.165, 1.54) is 35.4 Å². The Labute approximate surface area is 154 Å². The highest BCUT2D eigenvalue weighted by Crippen LogP contribution is 2.26. The van der Waals surface area contributed by atoms with Crippen molar-refractivity contribution in [2.45, 2.75) is 45.2 Å². The Balaban J connectivity index is 1.39. The number of hydrogen-bond acceptors (Lipinski definition) is 6. The molecule has 0 bridgehead atoms. The molecule has 3 rings (SSSR count). The van der Waals surface area contributed by atoms with Crippen molar-refractivity contribution in [3.8, 4) is 0 Å². The van der Waals surface area contributed by atoms with E-state index in [2.05, 4.69) is 39.7 Å². The predicted octanol–water partition coefficient (Wildman–Crippen LogP) is 3.67. The first-order chi connectivity index (χ1) is 12.1. The molecule has 2 N–H and O–H groups in total. The summed E-state index contributed by atoms with van der Waals surface area (Å²) in [5.74, 6) is 2.48. The molecule has 0 radical (unpaired) electrons. The van der Waals surface area contributed by atoms with Crippen molar-refractivity contribution in [2.75, 3.05) is 30.9 Å². The molecule has 1 aliphatic carbocycles. The molecule has 0 aromatic carbocycles. The van der Waals surface area contributed by atoms with Gasteiger partial charge in [-0.2, -0.15) is 4.98 Å². The minimum atomic E-state index is 0.494. The minimum absolute atomic E-state index is 0.494. The third-order valence-electron chi connectivity index (χ3n) is 4.81. The van der Waals surface area contributed by atoms with Gasteiger partial charge in [-0.25, -0.2) is 4.98 Å². The Bertz CT molecular complexity index is 661. The first-order valence-electron chi connectivity index (χ1n) is 9.13. The first kappa shape index (κ1) is 18.1. The fraction of sp³-hybridized carbons (Fsp3) is 0.579. The van der Waals surface area contributed by atoms with Crippen LogP contribution in [0.15, 0.2) is 24.4 Å². The van der Waals surface area contributed by atoms with Crippen LogP contribution < -0.4 is 15.5 Å². The maximum absolute atomic E-state index is 4.56. The number of rotatable bonds is 7. The molecule has 2 aromatic rings. The van der Waals surface area contributed by atoms with Crippen LogP contribution in [0.1, 0.15) is 35.4 Å². The standard InChI is InChI=1S/C19H29N5S/c1-14-4-9-17(25-14)13-20-12-15-5-7-16(8-6-15)22-19-21-11-10-18(23-19)24(2)3/h4,9-11,15-16,20H,5-8,12-13H2,1-3H3,(H,21,22,23)/t15-,16+. The number of aryl methyl sites for hydroxylation is 1. The van der Waals surface area contributed by atoms with Crippen LogP contribution in [0.3, 0.4) is 0 Å².